The van der Waals surface area contributed by atoms with Gasteiger partial charge in [0.2, 0.25) is 0 Å². The van der Waals surface area contributed by atoms with Crippen LogP contribution >= 0.6 is 0 Å². The fourth-order valence-electron chi connectivity index (χ4n) is 1.80. The number of aryl methyl sites for hydroxylation is 1. The molecule has 2 N–H and O–H groups in total. The van der Waals surface area contributed by atoms with E-state index in [1.807, 2.05) is 49.4 Å². The Bertz CT molecular complexity index is 611. The minimum absolute atomic E-state index is 0.708. The Labute approximate surface area is 105 Å². The zero-order valence-corrected chi connectivity index (χ0v) is 9.97. The van der Waals surface area contributed by atoms with Crippen molar-refractivity contribution in [3.8, 4) is 0 Å². The molecular formula is C14H13N3O. The molecular weight excluding hydrogens is 226 g/mol. The third-order valence-corrected chi connectivity index (χ3v) is 2.72. The van der Waals surface area contributed by atoms with E-state index in [-0.39, 0.29) is 0 Å². The maximum absolute atomic E-state index is 5.39. The van der Waals surface area contributed by atoms with Crippen LogP contribution in [0.3, 0.4) is 0 Å². The quantitative estimate of drug-likeness (QED) is 0.846. The van der Waals surface area contributed by atoms with Crippen molar-refractivity contribution in [2.45, 2.75) is 6.92 Å². The molecule has 0 bridgehead atoms. The summed E-state index contributed by atoms with van der Waals surface area (Å²) in [5.41, 5.74) is 8.19. The molecule has 0 saturated heterocycles. The van der Waals surface area contributed by atoms with Gasteiger partial charge in [0.05, 0.1) is 6.26 Å². The largest absolute Gasteiger partial charge is 0.461 e. The van der Waals surface area contributed by atoms with E-state index in [1.54, 1.807) is 6.26 Å². The number of aliphatic imine (C=N–C) groups is 1. The van der Waals surface area contributed by atoms with E-state index in [4.69, 9.17) is 4.42 Å². The number of nitrogens with zero attached hydrogens (tertiary/aromatic N) is 1. The number of benzene rings is 1. The van der Waals surface area contributed by atoms with Gasteiger partial charge < -0.3 is 4.42 Å². The fourth-order valence-corrected chi connectivity index (χ4v) is 1.80. The van der Waals surface area contributed by atoms with E-state index in [1.165, 1.54) is 0 Å². The molecule has 1 aromatic heterocycles. The summed E-state index contributed by atoms with van der Waals surface area (Å²) in [5, 5.41) is 0. The van der Waals surface area contributed by atoms with Gasteiger partial charge in [-0.1, -0.05) is 30.3 Å². The van der Waals surface area contributed by atoms with Crippen LogP contribution in [0.1, 0.15) is 16.9 Å². The van der Waals surface area contributed by atoms with Crippen LogP contribution in [0.4, 0.5) is 0 Å². The molecule has 0 fully saturated rings. The fraction of sp³-hybridized carbons (Fsp3) is 0.0714. The Morgan fingerprint density at radius 3 is 2.67 bits per heavy atom. The Hall–Kier alpha value is -2.49. The Kier molecular flexibility index (Phi) is 2.61. The number of hydrazine groups is 1. The average molecular weight is 239 g/mol. The van der Waals surface area contributed by atoms with Crippen LogP contribution in [0.5, 0.6) is 0 Å². The third-order valence-electron chi connectivity index (χ3n) is 2.72. The highest BCUT2D eigenvalue weighted by atomic mass is 16.3. The summed E-state index contributed by atoms with van der Waals surface area (Å²) in [6.45, 7) is 1.99. The predicted octanol–water partition coefficient (Wildman–Crippen LogP) is 2.44. The third kappa shape index (κ3) is 2.00. The summed E-state index contributed by atoms with van der Waals surface area (Å²) in [5.74, 6) is 2.24. The number of nitrogens with one attached hydrogen (secondary N) is 2. The van der Waals surface area contributed by atoms with Gasteiger partial charge >= 0.3 is 0 Å². The SMILES string of the molecule is Cc1ccoc1C1=NC(=Cc2ccccc2)NN1. The molecule has 0 radical (unpaired) electrons. The summed E-state index contributed by atoms with van der Waals surface area (Å²) in [6, 6.07) is 12.0. The molecule has 0 amide bonds. The van der Waals surface area contributed by atoms with E-state index in [0.717, 1.165) is 22.7 Å². The van der Waals surface area contributed by atoms with Gasteiger partial charge in [-0.15, -0.1) is 0 Å². The molecule has 18 heavy (non-hydrogen) atoms. The number of furan rings is 1. The van der Waals surface area contributed by atoms with Crippen LogP contribution in [-0.4, -0.2) is 5.84 Å². The standard InChI is InChI=1S/C14H13N3O/c1-10-7-8-18-13(10)14-15-12(16-17-14)9-11-5-3-2-4-6-11/h2-9,16H,1H3,(H,15,17). The van der Waals surface area contributed by atoms with Crippen molar-refractivity contribution in [2.75, 3.05) is 0 Å². The van der Waals surface area contributed by atoms with Crippen molar-refractivity contribution in [2.24, 2.45) is 4.99 Å². The minimum atomic E-state index is 0.708. The lowest BCUT2D eigenvalue weighted by atomic mass is 10.2. The lowest BCUT2D eigenvalue weighted by Gasteiger charge is -1.99. The van der Waals surface area contributed by atoms with Gasteiger partial charge in [-0.25, -0.2) is 4.99 Å². The van der Waals surface area contributed by atoms with Crippen molar-refractivity contribution in [1.29, 1.82) is 0 Å². The van der Waals surface area contributed by atoms with Gasteiger partial charge in [0.15, 0.2) is 11.6 Å². The summed E-state index contributed by atoms with van der Waals surface area (Å²) < 4.78 is 5.39. The molecule has 90 valence electrons. The molecule has 3 rings (SSSR count). The summed E-state index contributed by atoms with van der Waals surface area (Å²) >= 11 is 0. The van der Waals surface area contributed by atoms with Crippen LogP contribution in [-0.2, 0) is 0 Å². The highest BCUT2D eigenvalue weighted by Gasteiger charge is 2.16. The van der Waals surface area contributed by atoms with Crippen LogP contribution in [0.15, 0.2) is 57.9 Å². The molecule has 0 unspecified atom stereocenters. The molecule has 0 spiro atoms. The van der Waals surface area contributed by atoms with Crippen LogP contribution in [0.25, 0.3) is 6.08 Å². The van der Waals surface area contributed by atoms with Crippen molar-refractivity contribution < 1.29 is 4.42 Å². The smallest absolute Gasteiger partial charge is 0.190 e. The molecule has 0 aliphatic carbocycles. The number of hydrogen-bond donors (Lipinski definition) is 2. The molecule has 4 nitrogen and oxygen atoms in total. The van der Waals surface area contributed by atoms with Crippen molar-refractivity contribution in [3.05, 3.63) is 65.4 Å². The summed E-state index contributed by atoms with van der Waals surface area (Å²) in [6.07, 6.45) is 3.63. The second-order valence-corrected chi connectivity index (χ2v) is 4.08. The van der Waals surface area contributed by atoms with Crippen LogP contribution in [0.2, 0.25) is 0 Å². The second kappa shape index (κ2) is 4.41. The van der Waals surface area contributed by atoms with Gasteiger partial charge in [0, 0.05) is 0 Å². The lowest BCUT2D eigenvalue weighted by molar-refractivity contribution is 0.551. The number of rotatable bonds is 2. The van der Waals surface area contributed by atoms with E-state index in [0.29, 0.717) is 5.84 Å². The topological polar surface area (TPSA) is 49.6 Å². The normalized spacial score (nSPS) is 16.3. The van der Waals surface area contributed by atoms with Gasteiger partial charge in [0.25, 0.3) is 0 Å². The van der Waals surface area contributed by atoms with Crippen molar-refractivity contribution in [3.63, 3.8) is 0 Å². The van der Waals surface area contributed by atoms with Crippen LogP contribution in [0, 0.1) is 6.92 Å². The molecule has 1 aliphatic rings. The minimum Gasteiger partial charge on any atom is -0.461 e. The molecule has 2 aromatic rings. The Morgan fingerprint density at radius 1 is 1.11 bits per heavy atom. The number of amidine groups is 1. The van der Waals surface area contributed by atoms with Crippen molar-refractivity contribution in [1.82, 2.24) is 10.9 Å². The maximum Gasteiger partial charge on any atom is 0.190 e. The molecule has 4 heteroatoms. The molecule has 0 saturated carbocycles. The molecule has 1 aromatic carbocycles. The van der Waals surface area contributed by atoms with Crippen LogP contribution < -0.4 is 10.9 Å². The Balaban J connectivity index is 1.88. The first kappa shape index (κ1) is 10.7. The lowest BCUT2D eigenvalue weighted by Crippen LogP contribution is -2.29. The molecule has 0 atom stereocenters. The highest BCUT2D eigenvalue weighted by molar-refractivity contribution is 5.99. The molecule has 1 aliphatic heterocycles. The van der Waals surface area contributed by atoms with Gasteiger partial charge in [-0.05, 0) is 30.2 Å². The average Bonchev–Trinajstić information content (AvgIpc) is 2.99. The number of hydrogen-bond acceptors (Lipinski definition) is 4. The summed E-state index contributed by atoms with van der Waals surface area (Å²) in [4.78, 5) is 4.45. The van der Waals surface area contributed by atoms with Gasteiger partial charge in [-0.3, -0.25) is 10.9 Å². The maximum atomic E-state index is 5.39. The van der Waals surface area contributed by atoms with E-state index < -0.39 is 0 Å². The van der Waals surface area contributed by atoms with E-state index >= 15 is 0 Å². The van der Waals surface area contributed by atoms with Crippen molar-refractivity contribution >= 4 is 11.9 Å². The first-order valence-electron chi connectivity index (χ1n) is 5.75. The van der Waals surface area contributed by atoms with E-state index in [9.17, 15) is 0 Å². The summed E-state index contributed by atoms with van der Waals surface area (Å²) in [7, 11) is 0. The predicted molar refractivity (Wildman–Crippen MR) is 70.7 cm³/mol. The first-order valence-corrected chi connectivity index (χ1v) is 5.75. The zero-order valence-electron chi connectivity index (χ0n) is 9.97. The van der Waals surface area contributed by atoms with E-state index in [2.05, 4.69) is 15.8 Å². The van der Waals surface area contributed by atoms with Gasteiger partial charge in [-0.2, -0.15) is 0 Å². The molecule has 2 heterocycles. The highest BCUT2D eigenvalue weighted by Crippen LogP contribution is 2.14. The monoisotopic (exact) mass is 239 g/mol. The van der Waals surface area contributed by atoms with Gasteiger partial charge in [0.1, 0.15) is 5.82 Å². The second-order valence-electron chi connectivity index (χ2n) is 4.08. The zero-order chi connectivity index (χ0) is 12.4. The Morgan fingerprint density at radius 2 is 1.94 bits per heavy atom. The first-order chi connectivity index (χ1) is 8.83.